The molecule has 0 aliphatic rings. The second-order valence-corrected chi connectivity index (χ2v) is 6.71. The monoisotopic (exact) mass is 398 g/mol. The summed E-state index contributed by atoms with van der Waals surface area (Å²) in [4.78, 5) is 24.7. The Morgan fingerprint density at radius 3 is 2.31 bits per heavy atom. The van der Waals surface area contributed by atoms with Crippen molar-refractivity contribution in [3.63, 3.8) is 0 Å². The van der Waals surface area contributed by atoms with Gasteiger partial charge in [-0.25, -0.2) is 4.39 Å². The molecular weight excluding hydrogens is 380 g/mol. The third-order valence-corrected chi connectivity index (χ3v) is 4.27. The van der Waals surface area contributed by atoms with Crippen LogP contribution in [-0.2, 0) is 16.1 Å². The van der Waals surface area contributed by atoms with Gasteiger partial charge in [0.1, 0.15) is 5.82 Å². The van der Waals surface area contributed by atoms with Crippen molar-refractivity contribution < 1.29 is 18.9 Å². The number of nitrogens with one attached hydrogen (secondary N) is 3. The molecular formula is C18H19Cl2FN3O2+. The average Bonchev–Trinajstić information content (AvgIpc) is 2.57. The molecule has 2 aromatic rings. The van der Waals surface area contributed by atoms with Crippen LogP contribution in [-0.4, -0.2) is 32.0 Å². The van der Waals surface area contributed by atoms with Crippen LogP contribution >= 0.6 is 23.2 Å². The number of quaternary nitrogens is 1. The molecule has 0 saturated carbocycles. The molecule has 0 aliphatic heterocycles. The van der Waals surface area contributed by atoms with Crippen molar-refractivity contribution in [1.82, 2.24) is 5.32 Å². The van der Waals surface area contributed by atoms with Gasteiger partial charge in [0.25, 0.3) is 11.8 Å². The third-order valence-electron chi connectivity index (χ3n) is 3.53. The smallest absolute Gasteiger partial charge is 0.279 e. The number of carbonyl (C=O) groups excluding carboxylic acids is 2. The highest BCUT2D eigenvalue weighted by Crippen LogP contribution is 2.24. The Kier molecular flexibility index (Phi) is 7.38. The van der Waals surface area contributed by atoms with Crippen molar-refractivity contribution in [1.29, 1.82) is 0 Å². The minimum atomic E-state index is -0.322. The second-order valence-electron chi connectivity index (χ2n) is 5.89. The quantitative estimate of drug-likeness (QED) is 0.666. The fraction of sp³-hybridized carbons (Fsp3) is 0.222. The van der Waals surface area contributed by atoms with Crippen LogP contribution in [0.1, 0.15) is 5.56 Å². The molecule has 2 aromatic carbocycles. The maximum Gasteiger partial charge on any atom is 0.279 e. The predicted molar refractivity (Wildman–Crippen MR) is 100.0 cm³/mol. The molecule has 0 spiro atoms. The van der Waals surface area contributed by atoms with E-state index in [2.05, 4.69) is 10.6 Å². The lowest BCUT2D eigenvalue weighted by Crippen LogP contribution is -3.11. The molecule has 1 atom stereocenters. The Labute approximate surface area is 161 Å². The van der Waals surface area contributed by atoms with E-state index in [0.717, 1.165) is 10.5 Å². The first kappa shape index (κ1) is 20.2. The van der Waals surface area contributed by atoms with E-state index >= 15 is 0 Å². The van der Waals surface area contributed by atoms with Crippen molar-refractivity contribution in [2.24, 2.45) is 0 Å². The first-order chi connectivity index (χ1) is 12.3. The maximum absolute atomic E-state index is 12.8. The van der Waals surface area contributed by atoms with Gasteiger partial charge in [-0.2, -0.15) is 0 Å². The molecule has 8 heteroatoms. The minimum Gasteiger partial charge on any atom is -0.347 e. The van der Waals surface area contributed by atoms with Gasteiger partial charge in [0, 0.05) is 12.2 Å². The lowest BCUT2D eigenvalue weighted by Gasteiger charge is -2.14. The number of hydrogen-bond acceptors (Lipinski definition) is 2. The minimum absolute atomic E-state index is 0.115. The van der Waals surface area contributed by atoms with Crippen molar-refractivity contribution in [2.45, 2.75) is 6.54 Å². The van der Waals surface area contributed by atoms with Crippen LogP contribution in [0.25, 0.3) is 0 Å². The number of anilines is 1. The van der Waals surface area contributed by atoms with Crippen LogP contribution in [0.15, 0.2) is 42.5 Å². The molecule has 0 aliphatic carbocycles. The van der Waals surface area contributed by atoms with Crippen LogP contribution in [0.2, 0.25) is 10.0 Å². The molecule has 138 valence electrons. The molecule has 0 fully saturated rings. The van der Waals surface area contributed by atoms with E-state index in [4.69, 9.17) is 23.2 Å². The zero-order valence-corrected chi connectivity index (χ0v) is 15.6. The lowest BCUT2D eigenvalue weighted by atomic mass is 10.2. The molecule has 0 saturated heterocycles. The van der Waals surface area contributed by atoms with E-state index in [1.807, 2.05) is 0 Å². The summed E-state index contributed by atoms with van der Waals surface area (Å²) in [6, 6.07) is 10.7. The van der Waals surface area contributed by atoms with Crippen LogP contribution in [0.3, 0.4) is 0 Å². The number of hydrogen-bond donors (Lipinski definition) is 3. The van der Waals surface area contributed by atoms with E-state index in [1.165, 1.54) is 12.1 Å². The summed E-state index contributed by atoms with van der Waals surface area (Å²) in [6.45, 7) is 0.558. The van der Waals surface area contributed by atoms with Crippen LogP contribution in [0, 0.1) is 5.82 Å². The zero-order chi connectivity index (χ0) is 19.1. The topological polar surface area (TPSA) is 62.6 Å². The van der Waals surface area contributed by atoms with E-state index in [-0.39, 0.29) is 30.7 Å². The Hall–Kier alpha value is -2.15. The Morgan fingerprint density at radius 1 is 1.00 bits per heavy atom. The van der Waals surface area contributed by atoms with Crippen LogP contribution in [0.4, 0.5) is 10.1 Å². The van der Waals surface area contributed by atoms with E-state index < -0.39 is 0 Å². The number of benzene rings is 2. The number of amides is 2. The number of likely N-dealkylation sites (N-methyl/N-ethyl adjacent to an activating group) is 1. The summed E-state index contributed by atoms with van der Waals surface area (Å²) >= 11 is 11.7. The van der Waals surface area contributed by atoms with Crippen molar-refractivity contribution >= 4 is 40.7 Å². The van der Waals surface area contributed by atoms with Gasteiger partial charge in [-0.1, -0.05) is 35.3 Å². The molecule has 0 heterocycles. The zero-order valence-electron chi connectivity index (χ0n) is 14.1. The Balaban J connectivity index is 1.75. The van der Waals surface area contributed by atoms with Crippen LogP contribution in [0.5, 0.6) is 0 Å². The van der Waals surface area contributed by atoms with Gasteiger partial charge in [-0.3, -0.25) is 9.59 Å². The average molecular weight is 399 g/mol. The van der Waals surface area contributed by atoms with Crippen molar-refractivity contribution in [2.75, 3.05) is 25.5 Å². The van der Waals surface area contributed by atoms with E-state index in [1.54, 1.807) is 37.4 Å². The summed E-state index contributed by atoms with van der Waals surface area (Å²) in [5, 5.41) is 6.21. The summed E-state index contributed by atoms with van der Waals surface area (Å²) in [5.74, 6) is -0.765. The summed E-state index contributed by atoms with van der Waals surface area (Å²) in [6.07, 6.45) is 0. The van der Waals surface area contributed by atoms with Gasteiger partial charge in [-0.15, -0.1) is 0 Å². The first-order valence-corrected chi connectivity index (χ1v) is 8.66. The summed E-state index contributed by atoms with van der Waals surface area (Å²) < 4.78 is 12.8. The summed E-state index contributed by atoms with van der Waals surface area (Å²) in [5.41, 5.74) is 1.34. The highest BCUT2D eigenvalue weighted by atomic mass is 35.5. The maximum atomic E-state index is 12.8. The molecule has 0 bridgehead atoms. The normalized spacial score (nSPS) is 11.7. The van der Waals surface area contributed by atoms with Gasteiger partial charge in [-0.05, 0) is 35.9 Å². The molecule has 0 radical (unpaired) electrons. The van der Waals surface area contributed by atoms with Gasteiger partial charge in [0.05, 0.1) is 17.1 Å². The Morgan fingerprint density at radius 2 is 1.65 bits per heavy atom. The number of rotatable bonds is 7. The van der Waals surface area contributed by atoms with Gasteiger partial charge in [0.15, 0.2) is 13.1 Å². The van der Waals surface area contributed by atoms with Crippen LogP contribution < -0.4 is 15.5 Å². The Bertz CT molecular complexity index is 785. The SMILES string of the molecule is C[NH+](CC(=O)NCc1ccc(F)cc1)CC(=O)Nc1ccc(Cl)c(Cl)c1. The van der Waals surface area contributed by atoms with Gasteiger partial charge < -0.3 is 15.5 Å². The fourth-order valence-corrected chi connectivity index (χ4v) is 2.55. The van der Waals surface area contributed by atoms with E-state index in [0.29, 0.717) is 22.3 Å². The van der Waals surface area contributed by atoms with E-state index in [9.17, 15) is 14.0 Å². The largest absolute Gasteiger partial charge is 0.347 e. The molecule has 1 unspecified atom stereocenters. The number of halogens is 3. The molecule has 0 aromatic heterocycles. The highest BCUT2D eigenvalue weighted by molar-refractivity contribution is 6.42. The highest BCUT2D eigenvalue weighted by Gasteiger charge is 2.14. The van der Waals surface area contributed by atoms with Crippen molar-refractivity contribution in [3.05, 3.63) is 63.9 Å². The molecule has 3 N–H and O–H groups in total. The number of carbonyl (C=O) groups is 2. The lowest BCUT2D eigenvalue weighted by molar-refractivity contribution is -0.862. The van der Waals surface area contributed by atoms with Gasteiger partial charge in [0.2, 0.25) is 0 Å². The summed E-state index contributed by atoms with van der Waals surface area (Å²) in [7, 11) is 1.74. The molecule has 2 rings (SSSR count). The standard InChI is InChI=1S/C18H18Cl2FN3O2/c1-24(10-17(25)22-9-12-2-4-13(21)5-3-12)11-18(26)23-14-6-7-15(19)16(20)8-14/h2-8H,9-11H2,1H3,(H,22,25)(H,23,26)/p+1. The molecule has 26 heavy (non-hydrogen) atoms. The van der Waals surface area contributed by atoms with Gasteiger partial charge >= 0.3 is 0 Å². The third kappa shape index (κ3) is 6.63. The molecule has 5 nitrogen and oxygen atoms in total. The molecule has 2 amide bonds. The predicted octanol–water partition coefficient (Wildman–Crippen LogP) is 1.90. The second kappa shape index (κ2) is 9.52. The van der Waals surface area contributed by atoms with Crippen molar-refractivity contribution in [3.8, 4) is 0 Å². The first-order valence-electron chi connectivity index (χ1n) is 7.91. The fourth-order valence-electron chi connectivity index (χ4n) is 2.26.